The summed E-state index contributed by atoms with van der Waals surface area (Å²) in [5.74, 6) is -0.564. The van der Waals surface area contributed by atoms with E-state index in [9.17, 15) is 18.3 Å². The first kappa shape index (κ1) is 13.5. The van der Waals surface area contributed by atoms with Crippen molar-refractivity contribution in [1.29, 1.82) is 0 Å². The van der Waals surface area contributed by atoms with E-state index >= 15 is 0 Å². The first-order valence-corrected chi connectivity index (χ1v) is 6.96. The highest BCUT2D eigenvalue weighted by Crippen LogP contribution is 2.21. The molecule has 1 amide bonds. The fourth-order valence-electron chi connectivity index (χ4n) is 1.13. The third-order valence-electron chi connectivity index (χ3n) is 2.49. The molecule has 0 heterocycles. The monoisotopic (exact) mass is 257 g/mol. The molecule has 0 saturated carbocycles. The number of phenols is 1. The number of aromatic hydroxyl groups is 1. The van der Waals surface area contributed by atoms with Crippen LogP contribution < -0.4 is 5.32 Å². The Balaban J connectivity index is 2.85. The van der Waals surface area contributed by atoms with Crippen molar-refractivity contribution in [2.45, 2.75) is 19.1 Å². The average Bonchev–Trinajstić information content (AvgIpc) is 2.21. The lowest BCUT2D eigenvalue weighted by molar-refractivity contribution is -0.115. The zero-order valence-electron chi connectivity index (χ0n) is 9.89. The van der Waals surface area contributed by atoms with Gasteiger partial charge in [0.15, 0.2) is 9.84 Å². The van der Waals surface area contributed by atoms with Crippen molar-refractivity contribution in [3.8, 4) is 5.75 Å². The molecule has 17 heavy (non-hydrogen) atoms. The Labute approximate surface area is 100 Å². The molecule has 0 bridgehead atoms. The molecular weight excluding hydrogens is 242 g/mol. The van der Waals surface area contributed by atoms with Crippen molar-refractivity contribution < 1.29 is 18.3 Å². The van der Waals surface area contributed by atoms with E-state index in [4.69, 9.17) is 0 Å². The summed E-state index contributed by atoms with van der Waals surface area (Å²) in [6, 6.07) is 4.61. The molecule has 5 nitrogen and oxygen atoms in total. The molecule has 0 aliphatic carbocycles. The van der Waals surface area contributed by atoms with E-state index in [1.807, 2.05) is 0 Å². The van der Waals surface area contributed by atoms with Crippen LogP contribution >= 0.6 is 0 Å². The minimum absolute atomic E-state index is 0.0507. The molecule has 2 N–H and O–H groups in total. The highest BCUT2D eigenvalue weighted by atomic mass is 32.2. The number of anilines is 1. The number of amides is 1. The Kier molecular flexibility index (Phi) is 3.77. The number of nitrogens with one attached hydrogen (secondary N) is 1. The van der Waals surface area contributed by atoms with Crippen LogP contribution in [0, 0.1) is 6.92 Å². The summed E-state index contributed by atoms with van der Waals surface area (Å²) < 4.78 is 22.3. The average molecular weight is 257 g/mol. The molecule has 0 aliphatic rings. The second-order valence-corrected chi connectivity index (χ2v) is 6.33. The standard InChI is InChI=1S/C11H15NO4S/c1-7-4-5-9(6-10(7)13)12-11(14)8(2)17(3,15)16/h4-6,8,13H,1-3H3,(H,12,14). The summed E-state index contributed by atoms with van der Waals surface area (Å²) in [4.78, 5) is 11.6. The third kappa shape index (κ3) is 3.45. The van der Waals surface area contributed by atoms with E-state index in [0.29, 0.717) is 11.3 Å². The molecule has 0 aliphatic heterocycles. The number of carbonyl (C=O) groups is 1. The van der Waals surface area contributed by atoms with Crippen LogP contribution in [0.5, 0.6) is 5.75 Å². The van der Waals surface area contributed by atoms with Crippen LogP contribution in [-0.4, -0.2) is 30.9 Å². The first-order valence-electron chi connectivity index (χ1n) is 5.01. The van der Waals surface area contributed by atoms with Gasteiger partial charge >= 0.3 is 0 Å². The maximum absolute atomic E-state index is 11.6. The van der Waals surface area contributed by atoms with Crippen molar-refractivity contribution >= 4 is 21.4 Å². The van der Waals surface area contributed by atoms with Gasteiger partial charge in [-0.3, -0.25) is 4.79 Å². The molecule has 0 aromatic heterocycles. The Morgan fingerprint density at radius 3 is 2.47 bits per heavy atom. The molecular formula is C11H15NO4S. The van der Waals surface area contributed by atoms with Crippen molar-refractivity contribution in [3.05, 3.63) is 23.8 Å². The van der Waals surface area contributed by atoms with Crippen LogP contribution in [0.3, 0.4) is 0 Å². The molecule has 1 rings (SSSR count). The zero-order valence-corrected chi connectivity index (χ0v) is 10.7. The number of hydrogen-bond donors (Lipinski definition) is 2. The van der Waals surface area contributed by atoms with Crippen LogP contribution in [0.25, 0.3) is 0 Å². The van der Waals surface area contributed by atoms with Gasteiger partial charge in [-0.05, 0) is 25.5 Å². The fourth-order valence-corrected chi connectivity index (χ4v) is 1.57. The van der Waals surface area contributed by atoms with E-state index in [2.05, 4.69) is 5.32 Å². The molecule has 0 radical (unpaired) electrons. The lowest BCUT2D eigenvalue weighted by atomic mass is 10.2. The Morgan fingerprint density at radius 2 is 2.00 bits per heavy atom. The number of carbonyl (C=O) groups excluding carboxylic acids is 1. The van der Waals surface area contributed by atoms with Gasteiger partial charge < -0.3 is 10.4 Å². The largest absolute Gasteiger partial charge is 0.508 e. The summed E-state index contributed by atoms with van der Waals surface area (Å²) >= 11 is 0. The predicted octanol–water partition coefficient (Wildman–Crippen LogP) is 1.07. The van der Waals surface area contributed by atoms with Crippen molar-refractivity contribution in [2.75, 3.05) is 11.6 Å². The Morgan fingerprint density at radius 1 is 1.41 bits per heavy atom. The second-order valence-electron chi connectivity index (χ2n) is 3.96. The summed E-state index contributed by atoms with van der Waals surface area (Å²) in [5.41, 5.74) is 1.05. The summed E-state index contributed by atoms with van der Waals surface area (Å²) in [6.45, 7) is 3.04. The van der Waals surface area contributed by atoms with Gasteiger partial charge in [-0.1, -0.05) is 6.07 Å². The molecule has 0 spiro atoms. The smallest absolute Gasteiger partial charge is 0.242 e. The number of phenolic OH excluding ortho intramolecular Hbond substituents is 1. The van der Waals surface area contributed by atoms with Crippen molar-refractivity contribution in [3.63, 3.8) is 0 Å². The first-order chi connectivity index (χ1) is 7.71. The van der Waals surface area contributed by atoms with Gasteiger partial charge in [0, 0.05) is 18.0 Å². The molecule has 94 valence electrons. The maximum Gasteiger partial charge on any atom is 0.242 e. The third-order valence-corrected chi connectivity index (χ3v) is 3.99. The Bertz CT molecular complexity index is 536. The highest BCUT2D eigenvalue weighted by Gasteiger charge is 2.23. The van der Waals surface area contributed by atoms with Crippen molar-refractivity contribution in [1.82, 2.24) is 0 Å². The summed E-state index contributed by atoms with van der Waals surface area (Å²) in [7, 11) is -3.41. The van der Waals surface area contributed by atoms with Gasteiger partial charge in [-0.2, -0.15) is 0 Å². The zero-order chi connectivity index (χ0) is 13.2. The molecule has 0 fully saturated rings. The maximum atomic E-state index is 11.6. The number of sulfone groups is 1. The lowest BCUT2D eigenvalue weighted by Gasteiger charge is -2.11. The normalized spacial score (nSPS) is 13.1. The molecule has 1 aromatic rings. The summed E-state index contributed by atoms with van der Waals surface area (Å²) in [5, 5.41) is 10.8. The van der Waals surface area contributed by atoms with E-state index in [1.54, 1.807) is 19.1 Å². The lowest BCUT2D eigenvalue weighted by Crippen LogP contribution is -2.31. The van der Waals surface area contributed by atoms with Gasteiger partial charge in [0.25, 0.3) is 0 Å². The van der Waals surface area contributed by atoms with Gasteiger partial charge in [-0.25, -0.2) is 8.42 Å². The molecule has 1 aromatic carbocycles. The molecule has 6 heteroatoms. The molecule has 1 atom stereocenters. The number of rotatable bonds is 3. The van der Waals surface area contributed by atoms with Crippen molar-refractivity contribution in [2.24, 2.45) is 0 Å². The van der Waals surface area contributed by atoms with E-state index < -0.39 is 21.0 Å². The van der Waals surface area contributed by atoms with Crippen LogP contribution in [0.1, 0.15) is 12.5 Å². The highest BCUT2D eigenvalue weighted by molar-refractivity contribution is 7.92. The number of hydrogen-bond acceptors (Lipinski definition) is 4. The SMILES string of the molecule is Cc1ccc(NC(=O)C(C)S(C)(=O)=O)cc1O. The van der Waals surface area contributed by atoms with E-state index in [0.717, 1.165) is 6.26 Å². The predicted molar refractivity (Wildman–Crippen MR) is 65.8 cm³/mol. The number of aryl methyl sites for hydroxylation is 1. The van der Waals surface area contributed by atoms with Gasteiger partial charge in [0.1, 0.15) is 11.0 Å². The quantitative estimate of drug-likeness (QED) is 0.848. The van der Waals surface area contributed by atoms with Gasteiger partial charge in [-0.15, -0.1) is 0 Å². The van der Waals surface area contributed by atoms with E-state index in [1.165, 1.54) is 13.0 Å². The van der Waals surface area contributed by atoms with E-state index in [-0.39, 0.29) is 5.75 Å². The Hall–Kier alpha value is -1.56. The fraction of sp³-hybridized carbons (Fsp3) is 0.364. The minimum Gasteiger partial charge on any atom is -0.508 e. The molecule has 0 saturated heterocycles. The van der Waals surface area contributed by atoms with Crippen LogP contribution in [-0.2, 0) is 14.6 Å². The van der Waals surface area contributed by atoms with Crippen LogP contribution in [0.15, 0.2) is 18.2 Å². The van der Waals surface area contributed by atoms with Gasteiger partial charge in [0.2, 0.25) is 5.91 Å². The summed E-state index contributed by atoms with van der Waals surface area (Å²) in [6.07, 6.45) is 1.00. The topological polar surface area (TPSA) is 83.5 Å². The molecule has 1 unspecified atom stereocenters. The second kappa shape index (κ2) is 4.75. The number of benzene rings is 1. The van der Waals surface area contributed by atoms with Crippen LogP contribution in [0.2, 0.25) is 0 Å². The van der Waals surface area contributed by atoms with Gasteiger partial charge in [0.05, 0.1) is 0 Å². The van der Waals surface area contributed by atoms with Crippen LogP contribution in [0.4, 0.5) is 5.69 Å². The minimum atomic E-state index is -3.41.